The number of rotatable bonds is 6. The molecule has 0 heterocycles. The molecule has 4 aromatic carbocycles. The molecule has 0 bridgehead atoms. The number of phenols is 2. The van der Waals surface area contributed by atoms with Crippen LogP contribution < -0.4 is 10.6 Å². The van der Waals surface area contributed by atoms with Gasteiger partial charge < -0.3 is 20.8 Å². The van der Waals surface area contributed by atoms with Crippen LogP contribution in [-0.4, -0.2) is 22.0 Å². The summed E-state index contributed by atoms with van der Waals surface area (Å²) in [5.41, 5.74) is 3.29. The number of para-hydroxylation sites is 4. The summed E-state index contributed by atoms with van der Waals surface area (Å²) in [5, 5.41) is 25.2. The van der Waals surface area contributed by atoms with Crippen LogP contribution in [0.15, 0.2) is 97.1 Å². The van der Waals surface area contributed by atoms with Crippen LogP contribution >= 0.6 is 0 Å². The zero-order chi connectivity index (χ0) is 25.0. The maximum Gasteiger partial charge on any atom is 0.255 e. The van der Waals surface area contributed by atoms with E-state index >= 15 is 0 Å². The quantitative estimate of drug-likeness (QED) is 0.265. The number of benzene rings is 4. The molecule has 6 heteroatoms. The lowest BCUT2D eigenvalue weighted by molar-refractivity contribution is 0.101. The third-order valence-corrected chi connectivity index (χ3v) is 6.04. The maximum atomic E-state index is 12.6. The maximum absolute atomic E-state index is 12.6. The molecule has 0 aliphatic carbocycles. The molecule has 0 saturated heterocycles. The predicted octanol–water partition coefficient (Wildman–Crippen LogP) is 5.93. The molecule has 4 rings (SSSR count). The van der Waals surface area contributed by atoms with E-state index in [4.69, 9.17) is 0 Å². The zero-order valence-electron chi connectivity index (χ0n) is 19.4. The van der Waals surface area contributed by atoms with Gasteiger partial charge in [-0.3, -0.25) is 9.59 Å². The van der Waals surface area contributed by atoms with Crippen molar-refractivity contribution >= 4 is 23.2 Å². The molecular weight excluding hydrogens is 440 g/mol. The monoisotopic (exact) mass is 466 g/mol. The van der Waals surface area contributed by atoms with Crippen LogP contribution in [0.1, 0.15) is 45.7 Å². The van der Waals surface area contributed by atoms with Crippen molar-refractivity contribution in [2.75, 3.05) is 10.6 Å². The minimum Gasteiger partial charge on any atom is -0.506 e. The van der Waals surface area contributed by atoms with E-state index in [0.29, 0.717) is 22.5 Å². The average Bonchev–Trinajstić information content (AvgIpc) is 2.87. The summed E-state index contributed by atoms with van der Waals surface area (Å²) in [5.74, 6) is -0.598. The van der Waals surface area contributed by atoms with Crippen molar-refractivity contribution in [2.45, 2.75) is 19.3 Å². The van der Waals surface area contributed by atoms with Crippen molar-refractivity contribution < 1.29 is 19.8 Å². The number of aromatic hydroxyl groups is 2. The van der Waals surface area contributed by atoms with Gasteiger partial charge in [-0.25, -0.2) is 0 Å². The number of carbonyl (C=O) groups excluding carboxylic acids is 2. The first kappa shape index (κ1) is 23.6. The van der Waals surface area contributed by atoms with E-state index in [2.05, 4.69) is 24.5 Å². The summed E-state index contributed by atoms with van der Waals surface area (Å²) >= 11 is 0. The second-order valence-corrected chi connectivity index (χ2v) is 8.72. The molecule has 0 spiro atoms. The summed E-state index contributed by atoms with van der Waals surface area (Å²) in [7, 11) is 0. The van der Waals surface area contributed by atoms with E-state index in [9.17, 15) is 19.8 Å². The van der Waals surface area contributed by atoms with Crippen LogP contribution in [-0.2, 0) is 5.41 Å². The first-order valence-electron chi connectivity index (χ1n) is 11.2. The highest BCUT2D eigenvalue weighted by atomic mass is 16.3. The minimum atomic E-state index is -0.376. The number of hydrogen-bond donors (Lipinski definition) is 4. The lowest BCUT2D eigenvalue weighted by atomic mass is 9.77. The lowest BCUT2D eigenvalue weighted by Crippen LogP contribution is -2.20. The molecule has 0 atom stereocenters. The van der Waals surface area contributed by atoms with Gasteiger partial charge >= 0.3 is 0 Å². The van der Waals surface area contributed by atoms with E-state index in [1.54, 1.807) is 60.7 Å². The van der Waals surface area contributed by atoms with Gasteiger partial charge in [0.25, 0.3) is 11.8 Å². The highest BCUT2D eigenvalue weighted by Crippen LogP contribution is 2.32. The minimum absolute atomic E-state index is 0.0105. The van der Waals surface area contributed by atoms with Crippen LogP contribution in [0.25, 0.3) is 0 Å². The Hall–Kier alpha value is -4.58. The average molecular weight is 467 g/mol. The van der Waals surface area contributed by atoms with Crippen molar-refractivity contribution in [1.82, 2.24) is 0 Å². The third-order valence-electron chi connectivity index (χ3n) is 6.04. The van der Waals surface area contributed by atoms with Gasteiger partial charge in [-0.15, -0.1) is 0 Å². The molecule has 0 saturated carbocycles. The molecule has 0 aromatic heterocycles. The van der Waals surface area contributed by atoms with Gasteiger partial charge in [-0.05, 0) is 59.7 Å². The standard InChI is InChI=1S/C29H26N2O4/c1-29(2,21-15-11-19(12-16-21)27(34)30-23-7-3-5-9-25(23)32)22-17-13-20(14-18-22)28(35)31-24-8-4-6-10-26(24)33/h3-18,32-33H,1-2H3,(H,30,34)(H,31,35). The Balaban J connectivity index is 1.47. The Morgan fingerprint density at radius 3 is 1.26 bits per heavy atom. The fourth-order valence-electron chi connectivity index (χ4n) is 3.79. The van der Waals surface area contributed by atoms with Crippen LogP contribution in [0.4, 0.5) is 11.4 Å². The Morgan fingerprint density at radius 1 is 0.571 bits per heavy atom. The molecule has 176 valence electrons. The smallest absolute Gasteiger partial charge is 0.255 e. The SMILES string of the molecule is CC(C)(c1ccc(C(=O)Nc2ccccc2O)cc1)c1ccc(C(=O)Nc2ccccc2O)cc1. The van der Waals surface area contributed by atoms with E-state index in [-0.39, 0.29) is 28.7 Å². The van der Waals surface area contributed by atoms with Crippen molar-refractivity contribution in [3.8, 4) is 11.5 Å². The normalized spacial score (nSPS) is 11.0. The molecule has 6 nitrogen and oxygen atoms in total. The van der Waals surface area contributed by atoms with E-state index in [1.807, 2.05) is 24.3 Å². The van der Waals surface area contributed by atoms with Gasteiger partial charge in [0.2, 0.25) is 0 Å². The van der Waals surface area contributed by atoms with E-state index in [1.165, 1.54) is 12.1 Å². The fourth-order valence-corrected chi connectivity index (χ4v) is 3.79. The largest absolute Gasteiger partial charge is 0.506 e. The predicted molar refractivity (Wildman–Crippen MR) is 137 cm³/mol. The van der Waals surface area contributed by atoms with Crippen molar-refractivity contribution in [3.63, 3.8) is 0 Å². The number of anilines is 2. The highest BCUT2D eigenvalue weighted by molar-refractivity contribution is 6.05. The molecule has 0 aliphatic rings. The number of amides is 2. The topological polar surface area (TPSA) is 98.7 Å². The van der Waals surface area contributed by atoms with Gasteiger partial charge in [0.05, 0.1) is 11.4 Å². The van der Waals surface area contributed by atoms with Crippen molar-refractivity contribution in [3.05, 3.63) is 119 Å². The second-order valence-electron chi connectivity index (χ2n) is 8.72. The van der Waals surface area contributed by atoms with Crippen molar-refractivity contribution in [1.29, 1.82) is 0 Å². The molecule has 0 radical (unpaired) electrons. The summed E-state index contributed by atoms with van der Waals surface area (Å²) < 4.78 is 0. The van der Waals surface area contributed by atoms with Gasteiger partial charge in [-0.2, -0.15) is 0 Å². The Bertz CT molecular complexity index is 1260. The van der Waals surface area contributed by atoms with Crippen LogP contribution in [0.5, 0.6) is 11.5 Å². The van der Waals surface area contributed by atoms with E-state index in [0.717, 1.165) is 11.1 Å². The third kappa shape index (κ3) is 5.17. The van der Waals surface area contributed by atoms with Crippen LogP contribution in [0, 0.1) is 0 Å². The molecule has 0 aliphatic heterocycles. The zero-order valence-corrected chi connectivity index (χ0v) is 19.4. The summed E-state index contributed by atoms with van der Waals surface area (Å²) in [4.78, 5) is 25.1. The molecule has 35 heavy (non-hydrogen) atoms. The Morgan fingerprint density at radius 2 is 0.914 bits per heavy atom. The van der Waals surface area contributed by atoms with Gasteiger partial charge in [0.1, 0.15) is 11.5 Å². The first-order valence-corrected chi connectivity index (χ1v) is 11.2. The Labute approximate surface area is 203 Å². The molecule has 0 unspecified atom stereocenters. The fraction of sp³-hybridized carbons (Fsp3) is 0.103. The van der Waals surface area contributed by atoms with Gasteiger partial charge in [0, 0.05) is 16.5 Å². The molecule has 2 amide bonds. The molecule has 0 fully saturated rings. The van der Waals surface area contributed by atoms with E-state index < -0.39 is 0 Å². The number of nitrogens with one attached hydrogen (secondary N) is 2. The Kier molecular flexibility index (Phi) is 6.55. The summed E-state index contributed by atoms with van der Waals surface area (Å²) in [6.07, 6.45) is 0. The van der Waals surface area contributed by atoms with Gasteiger partial charge in [-0.1, -0.05) is 62.4 Å². The summed E-state index contributed by atoms with van der Waals surface area (Å²) in [6.45, 7) is 4.14. The van der Waals surface area contributed by atoms with Gasteiger partial charge in [0.15, 0.2) is 0 Å². The first-order chi connectivity index (χ1) is 16.8. The molecular formula is C29H26N2O4. The lowest BCUT2D eigenvalue weighted by Gasteiger charge is -2.26. The molecule has 4 N–H and O–H groups in total. The van der Waals surface area contributed by atoms with Crippen LogP contribution in [0.3, 0.4) is 0 Å². The number of carbonyl (C=O) groups is 2. The summed E-state index contributed by atoms with van der Waals surface area (Å²) in [6, 6.07) is 27.8. The molecule has 4 aromatic rings. The van der Waals surface area contributed by atoms with Crippen molar-refractivity contribution in [2.24, 2.45) is 0 Å². The highest BCUT2D eigenvalue weighted by Gasteiger charge is 2.24. The second kappa shape index (κ2) is 9.73. The number of phenolic OH excluding ortho intramolecular Hbond substituents is 2. The van der Waals surface area contributed by atoms with Crippen LogP contribution in [0.2, 0.25) is 0 Å². The number of hydrogen-bond acceptors (Lipinski definition) is 4.